The standard InChI is InChI=1S/C15H11N3O6/c1-23-12-5-3-9(18(21)22)7-10(12)14(19)16-8-2-4-13-11(6-8)17-15(20)24-13/h2-7H,1H3,(H,16,19)(H,17,20). The Morgan fingerprint density at radius 1 is 1.29 bits per heavy atom. The predicted molar refractivity (Wildman–Crippen MR) is 84.4 cm³/mol. The van der Waals surface area contributed by atoms with Crippen LogP contribution in [0.2, 0.25) is 0 Å². The zero-order valence-electron chi connectivity index (χ0n) is 12.4. The van der Waals surface area contributed by atoms with Crippen LogP contribution in [0.25, 0.3) is 11.1 Å². The molecule has 0 aliphatic rings. The van der Waals surface area contributed by atoms with Crippen LogP contribution in [0.1, 0.15) is 10.4 Å². The summed E-state index contributed by atoms with van der Waals surface area (Å²) in [6, 6.07) is 8.31. The lowest BCUT2D eigenvalue weighted by Gasteiger charge is -2.09. The number of fused-ring (bicyclic) bond motifs is 1. The molecule has 1 amide bonds. The molecule has 3 aromatic rings. The lowest BCUT2D eigenvalue weighted by Crippen LogP contribution is -2.13. The Labute approximate surface area is 134 Å². The highest BCUT2D eigenvalue weighted by atomic mass is 16.6. The minimum atomic E-state index is -0.603. The molecule has 1 heterocycles. The molecule has 1 aromatic heterocycles. The topological polar surface area (TPSA) is 127 Å². The Morgan fingerprint density at radius 3 is 2.79 bits per heavy atom. The number of oxazole rings is 1. The van der Waals surface area contributed by atoms with Gasteiger partial charge in [0.25, 0.3) is 11.6 Å². The van der Waals surface area contributed by atoms with Crippen LogP contribution in [-0.2, 0) is 0 Å². The van der Waals surface area contributed by atoms with Gasteiger partial charge in [-0.1, -0.05) is 0 Å². The molecule has 9 nitrogen and oxygen atoms in total. The summed E-state index contributed by atoms with van der Waals surface area (Å²) < 4.78 is 9.94. The summed E-state index contributed by atoms with van der Waals surface area (Å²) in [6.07, 6.45) is 0. The molecule has 122 valence electrons. The summed E-state index contributed by atoms with van der Waals surface area (Å²) in [6.45, 7) is 0. The molecule has 0 atom stereocenters. The number of H-pyrrole nitrogens is 1. The number of non-ortho nitro benzene ring substituents is 1. The molecule has 24 heavy (non-hydrogen) atoms. The molecule has 0 bridgehead atoms. The van der Waals surface area contributed by atoms with E-state index in [9.17, 15) is 19.7 Å². The second kappa shape index (κ2) is 5.88. The van der Waals surface area contributed by atoms with E-state index in [1.165, 1.54) is 31.4 Å². The van der Waals surface area contributed by atoms with Gasteiger partial charge in [0.1, 0.15) is 5.75 Å². The van der Waals surface area contributed by atoms with E-state index < -0.39 is 16.6 Å². The smallest absolute Gasteiger partial charge is 0.417 e. The maximum absolute atomic E-state index is 12.4. The van der Waals surface area contributed by atoms with Gasteiger partial charge in [0.15, 0.2) is 5.58 Å². The number of nitro groups is 1. The molecule has 0 unspecified atom stereocenters. The molecule has 2 aromatic carbocycles. The van der Waals surface area contributed by atoms with Crippen molar-refractivity contribution in [2.24, 2.45) is 0 Å². The molecule has 0 radical (unpaired) electrons. The number of ether oxygens (including phenoxy) is 1. The summed E-state index contributed by atoms with van der Waals surface area (Å²) in [5.74, 6) is -0.981. The maximum Gasteiger partial charge on any atom is 0.417 e. The minimum Gasteiger partial charge on any atom is -0.496 e. The molecule has 0 spiro atoms. The zero-order valence-corrected chi connectivity index (χ0v) is 12.4. The van der Waals surface area contributed by atoms with Crippen molar-refractivity contribution in [1.29, 1.82) is 0 Å². The highest BCUT2D eigenvalue weighted by Gasteiger charge is 2.18. The molecule has 0 aliphatic carbocycles. The minimum absolute atomic E-state index is 0.0208. The lowest BCUT2D eigenvalue weighted by molar-refractivity contribution is -0.384. The number of aromatic amines is 1. The molecule has 3 rings (SSSR count). The Balaban J connectivity index is 1.94. The van der Waals surface area contributed by atoms with E-state index in [2.05, 4.69) is 10.3 Å². The average Bonchev–Trinajstić information content (AvgIpc) is 2.93. The van der Waals surface area contributed by atoms with E-state index in [1.807, 2.05) is 0 Å². The van der Waals surface area contributed by atoms with Crippen LogP contribution in [0.5, 0.6) is 5.75 Å². The Morgan fingerprint density at radius 2 is 2.08 bits per heavy atom. The lowest BCUT2D eigenvalue weighted by atomic mass is 10.1. The third-order valence-corrected chi connectivity index (χ3v) is 3.32. The zero-order chi connectivity index (χ0) is 17.3. The quantitative estimate of drug-likeness (QED) is 0.558. The van der Waals surface area contributed by atoms with E-state index in [-0.39, 0.29) is 17.0 Å². The number of nitro benzene ring substituents is 1. The largest absolute Gasteiger partial charge is 0.496 e. The number of amides is 1. The summed E-state index contributed by atoms with van der Waals surface area (Å²) >= 11 is 0. The number of hydrogen-bond donors (Lipinski definition) is 2. The SMILES string of the molecule is COc1ccc([N+](=O)[O-])cc1C(=O)Nc1ccc2oc(=O)[nH]c2c1. The fourth-order valence-corrected chi connectivity index (χ4v) is 2.22. The number of rotatable bonds is 4. The first kappa shape index (κ1) is 15.3. The number of aromatic nitrogens is 1. The number of carbonyl (C=O) groups is 1. The molecule has 9 heteroatoms. The summed E-state index contributed by atoms with van der Waals surface area (Å²) in [5, 5.41) is 13.5. The van der Waals surface area contributed by atoms with Gasteiger partial charge in [0.05, 0.1) is 23.1 Å². The fourth-order valence-electron chi connectivity index (χ4n) is 2.22. The van der Waals surface area contributed by atoms with E-state index in [0.29, 0.717) is 16.8 Å². The first-order valence-corrected chi connectivity index (χ1v) is 6.74. The Hall–Kier alpha value is -3.62. The van der Waals surface area contributed by atoms with Crippen molar-refractivity contribution in [2.75, 3.05) is 12.4 Å². The number of nitrogens with one attached hydrogen (secondary N) is 2. The van der Waals surface area contributed by atoms with E-state index in [0.717, 1.165) is 6.07 Å². The van der Waals surface area contributed by atoms with E-state index in [4.69, 9.17) is 9.15 Å². The van der Waals surface area contributed by atoms with Crippen LogP contribution >= 0.6 is 0 Å². The van der Waals surface area contributed by atoms with E-state index in [1.54, 1.807) is 6.07 Å². The van der Waals surface area contributed by atoms with Gasteiger partial charge in [-0.25, -0.2) is 4.79 Å². The van der Waals surface area contributed by atoms with E-state index >= 15 is 0 Å². The molecule has 0 aliphatic heterocycles. The third-order valence-electron chi connectivity index (χ3n) is 3.32. The van der Waals surface area contributed by atoms with Crippen molar-refractivity contribution >= 4 is 28.4 Å². The van der Waals surface area contributed by atoms with Crippen molar-refractivity contribution in [2.45, 2.75) is 0 Å². The second-order valence-electron chi connectivity index (χ2n) is 4.82. The van der Waals surface area contributed by atoms with Gasteiger partial charge in [0.2, 0.25) is 0 Å². The van der Waals surface area contributed by atoms with Crippen molar-refractivity contribution in [3.8, 4) is 5.75 Å². The number of anilines is 1. The monoisotopic (exact) mass is 329 g/mol. The van der Waals surface area contributed by atoms with Crippen LogP contribution < -0.4 is 15.8 Å². The third kappa shape index (κ3) is 2.82. The number of hydrogen-bond acceptors (Lipinski definition) is 6. The van der Waals surface area contributed by atoms with Crippen molar-refractivity contribution < 1.29 is 18.9 Å². The normalized spacial score (nSPS) is 10.5. The Bertz CT molecular complexity index is 1000. The number of nitrogens with zero attached hydrogens (tertiary/aromatic N) is 1. The summed E-state index contributed by atoms with van der Waals surface area (Å²) in [7, 11) is 1.36. The highest BCUT2D eigenvalue weighted by molar-refractivity contribution is 6.07. The first-order chi connectivity index (χ1) is 11.5. The van der Waals surface area contributed by atoms with Gasteiger partial charge >= 0.3 is 5.76 Å². The van der Waals surface area contributed by atoms with Gasteiger partial charge in [-0.05, 0) is 24.3 Å². The molecular formula is C15H11N3O6. The number of methoxy groups -OCH3 is 1. The predicted octanol–water partition coefficient (Wildman–Crippen LogP) is 2.29. The highest BCUT2D eigenvalue weighted by Crippen LogP contribution is 2.25. The molecule has 0 saturated carbocycles. The van der Waals surface area contributed by atoms with Crippen LogP contribution in [0.3, 0.4) is 0 Å². The summed E-state index contributed by atoms with van der Waals surface area (Å²) in [4.78, 5) is 36.3. The van der Waals surface area contributed by atoms with Crippen molar-refractivity contribution in [3.63, 3.8) is 0 Å². The first-order valence-electron chi connectivity index (χ1n) is 6.74. The van der Waals surface area contributed by atoms with Crippen LogP contribution in [0.4, 0.5) is 11.4 Å². The molecule has 0 fully saturated rings. The van der Waals surface area contributed by atoms with Gasteiger partial charge in [-0.15, -0.1) is 0 Å². The molecular weight excluding hydrogens is 318 g/mol. The van der Waals surface area contributed by atoms with Crippen LogP contribution in [-0.4, -0.2) is 22.9 Å². The van der Waals surface area contributed by atoms with Gasteiger partial charge in [-0.2, -0.15) is 0 Å². The van der Waals surface area contributed by atoms with Gasteiger partial charge < -0.3 is 14.5 Å². The maximum atomic E-state index is 12.4. The molecule has 0 saturated heterocycles. The second-order valence-corrected chi connectivity index (χ2v) is 4.82. The van der Waals surface area contributed by atoms with Crippen LogP contribution in [0, 0.1) is 10.1 Å². The van der Waals surface area contributed by atoms with Crippen molar-refractivity contribution in [1.82, 2.24) is 4.98 Å². The average molecular weight is 329 g/mol. The van der Waals surface area contributed by atoms with Gasteiger partial charge in [-0.3, -0.25) is 19.9 Å². The fraction of sp³-hybridized carbons (Fsp3) is 0.0667. The van der Waals surface area contributed by atoms with Crippen LogP contribution in [0.15, 0.2) is 45.6 Å². The molecule has 2 N–H and O–H groups in total. The van der Waals surface area contributed by atoms with Gasteiger partial charge in [0, 0.05) is 17.8 Å². The number of carbonyl (C=O) groups excluding carboxylic acids is 1. The number of benzene rings is 2. The van der Waals surface area contributed by atoms with Crippen molar-refractivity contribution in [3.05, 3.63) is 62.6 Å². The Kier molecular flexibility index (Phi) is 3.74. The summed E-state index contributed by atoms with van der Waals surface area (Å²) in [5.41, 5.74) is 0.955.